The van der Waals surface area contributed by atoms with Crippen LogP contribution in [-0.2, 0) is 4.79 Å². The van der Waals surface area contributed by atoms with Gasteiger partial charge >= 0.3 is 0 Å². The molecule has 3 nitrogen and oxygen atoms in total. The molecule has 0 spiro atoms. The smallest absolute Gasteiger partial charge is 0.269 e. The van der Waals surface area contributed by atoms with Crippen LogP contribution in [0.25, 0.3) is 0 Å². The van der Waals surface area contributed by atoms with Crippen molar-refractivity contribution in [2.45, 2.75) is 4.83 Å². The molecule has 0 bridgehead atoms. The molecule has 0 aromatic heterocycles. The quantitative estimate of drug-likeness (QED) is 0.443. The van der Waals surface area contributed by atoms with Crippen LogP contribution in [0.15, 0.2) is 21.5 Å². The van der Waals surface area contributed by atoms with E-state index in [4.69, 9.17) is 11.6 Å². The Hall–Kier alpha value is -0.220. The second kappa shape index (κ2) is 2.58. The number of carbonyl (C=O) groups is 1. The van der Waals surface area contributed by atoms with Crippen LogP contribution in [-0.4, -0.2) is 10.7 Å². The van der Waals surface area contributed by atoms with E-state index in [1.165, 1.54) is 6.08 Å². The summed E-state index contributed by atoms with van der Waals surface area (Å²) in [7, 11) is 0. The third-order valence-corrected chi connectivity index (χ3v) is 1.62. The number of carbonyl (C=O) groups excluding carboxylic acids is 1. The second-order valence-electron chi connectivity index (χ2n) is 1.43. The molecule has 0 aliphatic carbocycles. The van der Waals surface area contributed by atoms with Crippen LogP contribution < -0.4 is 0 Å². The van der Waals surface area contributed by atoms with Gasteiger partial charge in [0, 0.05) is 0 Å². The van der Waals surface area contributed by atoms with Crippen molar-refractivity contribution >= 4 is 33.4 Å². The van der Waals surface area contributed by atoms with Gasteiger partial charge in [0.15, 0.2) is 0 Å². The molecule has 9 heavy (non-hydrogen) atoms. The lowest BCUT2D eigenvalue weighted by molar-refractivity contribution is -0.117. The van der Waals surface area contributed by atoms with Crippen molar-refractivity contribution < 1.29 is 4.79 Å². The Morgan fingerprint density at radius 1 is 1.67 bits per heavy atom. The average molecular weight is 209 g/mol. The van der Waals surface area contributed by atoms with Gasteiger partial charge < -0.3 is 0 Å². The molecule has 1 aliphatic rings. The number of halogens is 2. The molecule has 1 heterocycles. The predicted molar refractivity (Wildman–Crippen MR) is 36.5 cm³/mol. The minimum atomic E-state index is -0.400. The molecule has 1 amide bonds. The van der Waals surface area contributed by atoms with E-state index in [0.29, 0.717) is 0 Å². The highest BCUT2D eigenvalue weighted by Crippen LogP contribution is 2.16. The topological polar surface area (TPSA) is 41.8 Å². The largest absolute Gasteiger partial charge is 0.282 e. The fourth-order valence-corrected chi connectivity index (χ4v) is 1.04. The van der Waals surface area contributed by atoms with Crippen LogP contribution in [0.2, 0.25) is 0 Å². The van der Waals surface area contributed by atoms with Crippen molar-refractivity contribution in [3.8, 4) is 0 Å². The van der Waals surface area contributed by atoms with E-state index in [9.17, 15) is 4.79 Å². The summed E-state index contributed by atoms with van der Waals surface area (Å²) >= 11 is 8.43. The first-order valence-electron chi connectivity index (χ1n) is 2.17. The second-order valence-corrected chi connectivity index (χ2v) is 2.80. The van der Waals surface area contributed by atoms with Crippen molar-refractivity contribution in [3.63, 3.8) is 0 Å². The maximum Gasteiger partial charge on any atom is 0.282 e. The van der Waals surface area contributed by atoms with Crippen LogP contribution in [0.3, 0.4) is 0 Å². The molecule has 0 saturated carbocycles. The molecule has 5 heteroatoms. The van der Waals surface area contributed by atoms with E-state index in [1.807, 2.05) is 0 Å². The van der Waals surface area contributed by atoms with Crippen LogP contribution in [0.1, 0.15) is 0 Å². The van der Waals surface area contributed by atoms with Gasteiger partial charge in [0.05, 0.1) is 0 Å². The first-order chi connectivity index (χ1) is 4.20. The lowest BCUT2D eigenvalue weighted by Gasteiger charge is -2.00. The summed E-state index contributed by atoms with van der Waals surface area (Å²) in [4.78, 5) is 10.1. The molecule has 0 saturated heterocycles. The van der Waals surface area contributed by atoms with Crippen molar-refractivity contribution in [2.24, 2.45) is 10.2 Å². The van der Waals surface area contributed by atoms with E-state index in [2.05, 4.69) is 26.2 Å². The average Bonchev–Trinajstić information content (AvgIpc) is 1.80. The molecular weight excluding hydrogens is 207 g/mol. The zero-order chi connectivity index (χ0) is 6.85. The molecule has 1 atom stereocenters. The minimum absolute atomic E-state index is 0.247. The zero-order valence-electron chi connectivity index (χ0n) is 4.21. The maximum absolute atomic E-state index is 10.5. The third kappa shape index (κ3) is 1.59. The summed E-state index contributed by atoms with van der Waals surface area (Å²) in [5.41, 5.74) is 0. The van der Waals surface area contributed by atoms with E-state index < -0.39 is 4.83 Å². The Morgan fingerprint density at radius 2 is 2.33 bits per heavy atom. The molecule has 1 aliphatic heterocycles. The van der Waals surface area contributed by atoms with E-state index >= 15 is 0 Å². The Morgan fingerprint density at radius 3 is 2.78 bits per heavy atom. The lowest BCUT2D eigenvalue weighted by atomic mass is 10.4. The Balaban J connectivity index is 2.82. The fourth-order valence-electron chi connectivity index (χ4n) is 0.378. The summed E-state index contributed by atoms with van der Waals surface area (Å²) in [5, 5.41) is 6.81. The van der Waals surface area contributed by atoms with Gasteiger partial charge in [-0.05, 0) is 6.08 Å². The van der Waals surface area contributed by atoms with Gasteiger partial charge in [-0.3, -0.25) is 4.79 Å². The summed E-state index contributed by atoms with van der Waals surface area (Å²) in [6, 6.07) is 0. The zero-order valence-corrected chi connectivity index (χ0v) is 6.56. The number of alkyl halides is 1. The van der Waals surface area contributed by atoms with Crippen LogP contribution in [0.4, 0.5) is 0 Å². The minimum Gasteiger partial charge on any atom is -0.269 e. The summed E-state index contributed by atoms with van der Waals surface area (Å²) in [5.74, 6) is -0.320. The van der Waals surface area contributed by atoms with Gasteiger partial charge in [0.25, 0.3) is 5.91 Å². The molecule has 48 valence electrons. The van der Waals surface area contributed by atoms with Crippen molar-refractivity contribution in [2.75, 3.05) is 0 Å². The van der Waals surface area contributed by atoms with E-state index in [0.717, 1.165) is 0 Å². The Labute approximate surface area is 64.9 Å². The molecule has 0 N–H and O–H groups in total. The number of hydrogen-bond acceptors (Lipinski definition) is 2. The van der Waals surface area contributed by atoms with Crippen molar-refractivity contribution in [1.29, 1.82) is 0 Å². The Bertz CT molecular complexity index is 201. The van der Waals surface area contributed by atoms with Crippen molar-refractivity contribution in [1.82, 2.24) is 0 Å². The molecule has 0 radical (unpaired) electrons. The summed E-state index contributed by atoms with van der Waals surface area (Å²) in [6.45, 7) is 0. The monoisotopic (exact) mass is 208 g/mol. The molecule has 1 rings (SSSR count). The normalized spacial score (nSPS) is 26.2. The molecule has 0 aromatic carbocycles. The number of nitrogens with zero attached hydrogens (tertiary/aromatic N) is 2. The number of rotatable bonds is 0. The van der Waals surface area contributed by atoms with Gasteiger partial charge in [-0.15, -0.1) is 10.2 Å². The summed E-state index contributed by atoms with van der Waals surface area (Å²) in [6.07, 6.45) is 1.48. The standard InChI is InChI=1S/C4H2BrClN2O/c5-2-1-3(6)7-8-4(2)9/h1-2H. The van der Waals surface area contributed by atoms with Gasteiger partial charge in [-0.1, -0.05) is 27.5 Å². The number of hydrogen-bond donors (Lipinski definition) is 0. The van der Waals surface area contributed by atoms with Crippen LogP contribution in [0, 0.1) is 0 Å². The first kappa shape index (κ1) is 6.89. The third-order valence-electron chi connectivity index (χ3n) is 0.764. The highest BCUT2D eigenvalue weighted by molar-refractivity contribution is 9.10. The highest BCUT2D eigenvalue weighted by atomic mass is 79.9. The van der Waals surface area contributed by atoms with E-state index in [1.54, 1.807) is 0 Å². The fraction of sp³-hybridized carbons (Fsp3) is 0.250. The van der Waals surface area contributed by atoms with Gasteiger partial charge in [-0.25, -0.2) is 0 Å². The number of azo groups is 1. The van der Waals surface area contributed by atoms with Crippen LogP contribution in [0.5, 0.6) is 0 Å². The van der Waals surface area contributed by atoms with E-state index in [-0.39, 0.29) is 11.1 Å². The highest BCUT2D eigenvalue weighted by Gasteiger charge is 2.15. The Kier molecular flexibility index (Phi) is 1.97. The molecule has 1 unspecified atom stereocenters. The van der Waals surface area contributed by atoms with Gasteiger partial charge in [-0.2, -0.15) is 0 Å². The van der Waals surface area contributed by atoms with Crippen LogP contribution >= 0.6 is 27.5 Å². The first-order valence-corrected chi connectivity index (χ1v) is 3.46. The van der Waals surface area contributed by atoms with Gasteiger partial charge in [0.2, 0.25) is 0 Å². The summed E-state index contributed by atoms with van der Waals surface area (Å²) < 4.78 is 0. The lowest BCUT2D eigenvalue weighted by Crippen LogP contribution is -2.10. The maximum atomic E-state index is 10.5. The SMILES string of the molecule is O=C1N=NC(Cl)=CC1Br. The van der Waals surface area contributed by atoms with Crippen molar-refractivity contribution in [3.05, 3.63) is 11.2 Å². The molecule has 0 aromatic rings. The van der Waals surface area contributed by atoms with Gasteiger partial charge in [0.1, 0.15) is 9.98 Å². The molecule has 0 fully saturated rings. The number of amides is 1. The molecular formula is C4H2BrClN2O. The predicted octanol–water partition coefficient (Wildman–Crippen LogP) is 1.82.